The number of carbonyl (C=O) groups excluding carboxylic acids is 1. The maximum atomic E-state index is 12.5. The van der Waals surface area contributed by atoms with Crippen LogP contribution in [0.1, 0.15) is 46.2 Å². The molecule has 0 bridgehead atoms. The van der Waals surface area contributed by atoms with Crippen LogP contribution in [-0.4, -0.2) is 43.6 Å². The summed E-state index contributed by atoms with van der Waals surface area (Å²) in [5.41, 5.74) is 2.61. The van der Waals surface area contributed by atoms with Gasteiger partial charge in [0.05, 0.1) is 17.6 Å². The molecule has 3 rings (SSSR count). The molecule has 6 heteroatoms. The quantitative estimate of drug-likeness (QED) is 0.826. The predicted molar refractivity (Wildman–Crippen MR) is 101 cm³/mol. The van der Waals surface area contributed by atoms with E-state index in [1.807, 2.05) is 42.7 Å². The zero-order chi connectivity index (χ0) is 18.7. The molecule has 2 aromatic heterocycles. The molecule has 1 saturated heterocycles. The second kappa shape index (κ2) is 7.56. The van der Waals surface area contributed by atoms with Crippen LogP contribution in [0.5, 0.6) is 0 Å². The molecule has 0 spiro atoms. The lowest BCUT2D eigenvalue weighted by Crippen LogP contribution is -2.38. The standard InChI is InChI=1S/C20H29N5O/c1-5-9-25-14-16(12-23-25)18-17(21-7-8-22-18)11-15-6-10-24(13-15)19(26)20(2,3)4/h7-8,12,14-15H,5-6,9-11,13H2,1-4H3. The van der Waals surface area contributed by atoms with Crippen LogP contribution in [0.15, 0.2) is 24.8 Å². The molecule has 26 heavy (non-hydrogen) atoms. The van der Waals surface area contributed by atoms with E-state index in [0.29, 0.717) is 5.92 Å². The van der Waals surface area contributed by atoms with Gasteiger partial charge in [-0.05, 0) is 25.2 Å². The molecule has 140 valence electrons. The largest absolute Gasteiger partial charge is 0.342 e. The number of aryl methyl sites for hydroxylation is 1. The summed E-state index contributed by atoms with van der Waals surface area (Å²) in [5.74, 6) is 0.669. The van der Waals surface area contributed by atoms with Crippen LogP contribution in [0.25, 0.3) is 11.3 Å². The molecule has 1 atom stereocenters. The van der Waals surface area contributed by atoms with Crippen LogP contribution in [0.4, 0.5) is 0 Å². The van der Waals surface area contributed by atoms with Crippen LogP contribution >= 0.6 is 0 Å². The van der Waals surface area contributed by atoms with E-state index in [0.717, 1.165) is 55.8 Å². The Hall–Kier alpha value is -2.24. The van der Waals surface area contributed by atoms with E-state index < -0.39 is 0 Å². The van der Waals surface area contributed by atoms with Crippen molar-refractivity contribution in [3.8, 4) is 11.3 Å². The minimum Gasteiger partial charge on any atom is -0.342 e. The number of nitrogens with zero attached hydrogens (tertiary/aromatic N) is 5. The zero-order valence-corrected chi connectivity index (χ0v) is 16.3. The van der Waals surface area contributed by atoms with Gasteiger partial charge in [0.2, 0.25) is 5.91 Å². The molecule has 0 aliphatic carbocycles. The van der Waals surface area contributed by atoms with Gasteiger partial charge in [0.1, 0.15) is 0 Å². The molecule has 1 amide bonds. The fourth-order valence-electron chi connectivity index (χ4n) is 3.53. The second-order valence-corrected chi connectivity index (χ2v) is 8.20. The smallest absolute Gasteiger partial charge is 0.227 e. The van der Waals surface area contributed by atoms with Crippen molar-refractivity contribution in [1.82, 2.24) is 24.6 Å². The van der Waals surface area contributed by atoms with E-state index in [1.54, 1.807) is 12.4 Å². The van der Waals surface area contributed by atoms with Crippen molar-refractivity contribution in [2.75, 3.05) is 13.1 Å². The molecule has 2 aromatic rings. The number of carbonyl (C=O) groups is 1. The van der Waals surface area contributed by atoms with Gasteiger partial charge in [-0.2, -0.15) is 5.10 Å². The summed E-state index contributed by atoms with van der Waals surface area (Å²) in [6.07, 6.45) is 10.3. The van der Waals surface area contributed by atoms with Crippen LogP contribution in [0.3, 0.4) is 0 Å². The van der Waals surface area contributed by atoms with Gasteiger partial charge in [0.15, 0.2) is 0 Å². The van der Waals surface area contributed by atoms with Crippen LogP contribution in [0.2, 0.25) is 0 Å². The summed E-state index contributed by atoms with van der Waals surface area (Å²) >= 11 is 0. The zero-order valence-electron chi connectivity index (χ0n) is 16.3. The summed E-state index contributed by atoms with van der Waals surface area (Å²) < 4.78 is 1.95. The maximum Gasteiger partial charge on any atom is 0.227 e. The summed E-state index contributed by atoms with van der Waals surface area (Å²) in [4.78, 5) is 23.7. The highest BCUT2D eigenvalue weighted by Crippen LogP contribution is 2.28. The Kier molecular flexibility index (Phi) is 5.39. The average Bonchev–Trinajstić information content (AvgIpc) is 3.24. The first kappa shape index (κ1) is 18.5. The lowest BCUT2D eigenvalue weighted by Gasteiger charge is -2.25. The number of hydrogen-bond donors (Lipinski definition) is 0. The summed E-state index contributed by atoms with van der Waals surface area (Å²) in [7, 11) is 0. The van der Waals surface area contributed by atoms with E-state index >= 15 is 0 Å². The minimum atomic E-state index is -0.319. The normalized spacial score (nSPS) is 17.7. The van der Waals surface area contributed by atoms with Crippen molar-refractivity contribution in [2.45, 2.75) is 53.5 Å². The van der Waals surface area contributed by atoms with E-state index in [1.165, 1.54) is 0 Å². The number of aromatic nitrogens is 4. The van der Waals surface area contributed by atoms with Crippen molar-refractivity contribution < 1.29 is 4.79 Å². The number of hydrogen-bond acceptors (Lipinski definition) is 4. The van der Waals surface area contributed by atoms with Crippen molar-refractivity contribution in [1.29, 1.82) is 0 Å². The first-order chi connectivity index (χ1) is 12.4. The van der Waals surface area contributed by atoms with Gasteiger partial charge in [-0.1, -0.05) is 27.7 Å². The third kappa shape index (κ3) is 4.11. The van der Waals surface area contributed by atoms with Crippen molar-refractivity contribution >= 4 is 5.91 Å². The van der Waals surface area contributed by atoms with Crippen LogP contribution in [0, 0.1) is 11.3 Å². The third-order valence-corrected chi connectivity index (χ3v) is 4.83. The van der Waals surface area contributed by atoms with Gasteiger partial charge < -0.3 is 4.90 Å². The molecule has 0 radical (unpaired) electrons. The highest BCUT2D eigenvalue weighted by molar-refractivity contribution is 5.81. The van der Waals surface area contributed by atoms with Crippen molar-refractivity contribution in [3.05, 3.63) is 30.5 Å². The first-order valence-corrected chi connectivity index (χ1v) is 9.50. The molecule has 6 nitrogen and oxygen atoms in total. The van der Waals surface area contributed by atoms with Crippen LogP contribution in [-0.2, 0) is 17.8 Å². The molecular formula is C20H29N5O. The van der Waals surface area contributed by atoms with Gasteiger partial charge in [-0.25, -0.2) is 0 Å². The summed E-state index contributed by atoms with van der Waals surface area (Å²) in [5, 5.41) is 4.41. The Morgan fingerprint density at radius 2 is 2.04 bits per heavy atom. The highest BCUT2D eigenvalue weighted by atomic mass is 16.2. The molecule has 0 aromatic carbocycles. The second-order valence-electron chi connectivity index (χ2n) is 8.20. The Balaban J connectivity index is 1.72. The third-order valence-electron chi connectivity index (χ3n) is 4.83. The topological polar surface area (TPSA) is 63.9 Å². The Bertz CT molecular complexity index is 762. The SMILES string of the molecule is CCCn1cc(-c2nccnc2CC2CCN(C(=O)C(C)(C)C)C2)cn1. The van der Waals surface area contributed by atoms with E-state index in [-0.39, 0.29) is 11.3 Å². The van der Waals surface area contributed by atoms with Crippen molar-refractivity contribution in [2.24, 2.45) is 11.3 Å². The molecule has 1 aliphatic rings. The lowest BCUT2D eigenvalue weighted by molar-refractivity contribution is -0.138. The summed E-state index contributed by atoms with van der Waals surface area (Å²) in [6, 6.07) is 0. The van der Waals surface area contributed by atoms with E-state index in [2.05, 4.69) is 22.0 Å². The van der Waals surface area contributed by atoms with E-state index in [4.69, 9.17) is 0 Å². The van der Waals surface area contributed by atoms with Crippen molar-refractivity contribution in [3.63, 3.8) is 0 Å². The number of rotatable bonds is 5. The van der Waals surface area contributed by atoms with Gasteiger partial charge in [0, 0.05) is 49.2 Å². The fourth-order valence-corrected chi connectivity index (χ4v) is 3.53. The van der Waals surface area contributed by atoms with Gasteiger partial charge in [-0.15, -0.1) is 0 Å². The molecular weight excluding hydrogens is 326 g/mol. The molecule has 1 fully saturated rings. The highest BCUT2D eigenvalue weighted by Gasteiger charge is 2.33. The molecule has 3 heterocycles. The maximum absolute atomic E-state index is 12.5. The lowest BCUT2D eigenvalue weighted by atomic mass is 9.95. The average molecular weight is 355 g/mol. The molecule has 0 N–H and O–H groups in total. The molecule has 0 saturated carbocycles. The fraction of sp³-hybridized carbons (Fsp3) is 0.600. The predicted octanol–water partition coefficient (Wildman–Crippen LogP) is 3.19. The van der Waals surface area contributed by atoms with Gasteiger partial charge in [0.25, 0.3) is 0 Å². The van der Waals surface area contributed by atoms with Crippen LogP contribution < -0.4 is 0 Å². The van der Waals surface area contributed by atoms with E-state index in [9.17, 15) is 4.79 Å². The monoisotopic (exact) mass is 355 g/mol. The van der Waals surface area contributed by atoms with Gasteiger partial charge in [-0.3, -0.25) is 19.4 Å². The Morgan fingerprint density at radius 1 is 1.27 bits per heavy atom. The number of likely N-dealkylation sites (tertiary alicyclic amines) is 1. The van der Waals surface area contributed by atoms with Gasteiger partial charge >= 0.3 is 0 Å². The Labute approximate surface area is 155 Å². The number of amides is 1. The summed E-state index contributed by atoms with van der Waals surface area (Å²) in [6.45, 7) is 10.6. The Morgan fingerprint density at radius 3 is 2.77 bits per heavy atom. The minimum absolute atomic E-state index is 0.236. The first-order valence-electron chi connectivity index (χ1n) is 9.50. The molecule has 1 aliphatic heterocycles. The molecule has 1 unspecified atom stereocenters.